The van der Waals surface area contributed by atoms with E-state index in [1.807, 2.05) is 23.1 Å². The van der Waals surface area contributed by atoms with Gasteiger partial charge < -0.3 is 5.32 Å². The van der Waals surface area contributed by atoms with Crippen LogP contribution in [0.15, 0.2) is 54.9 Å². The van der Waals surface area contributed by atoms with Crippen molar-refractivity contribution in [2.24, 2.45) is 17.8 Å². The van der Waals surface area contributed by atoms with Crippen LogP contribution in [0.3, 0.4) is 0 Å². The normalized spacial score (nSPS) is 25.9. The van der Waals surface area contributed by atoms with Crippen molar-refractivity contribution in [3.05, 3.63) is 66.0 Å². The molecule has 0 aliphatic heterocycles. The number of aromatic nitrogens is 2. The van der Waals surface area contributed by atoms with Gasteiger partial charge in [-0.3, -0.25) is 4.68 Å². The summed E-state index contributed by atoms with van der Waals surface area (Å²) in [5, 5.41) is 8.00. The maximum Gasteiger partial charge on any atom is 0.0662 e. The predicted molar refractivity (Wildman–Crippen MR) is 88.3 cm³/mol. The van der Waals surface area contributed by atoms with Gasteiger partial charge in [-0.15, -0.1) is 0 Å². The maximum absolute atomic E-state index is 4.31. The average molecular weight is 293 g/mol. The molecular weight excluding hydrogens is 270 g/mol. The Morgan fingerprint density at radius 3 is 2.73 bits per heavy atom. The van der Waals surface area contributed by atoms with Crippen molar-refractivity contribution in [1.82, 2.24) is 15.1 Å². The van der Waals surface area contributed by atoms with E-state index in [0.717, 1.165) is 37.4 Å². The van der Waals surface area contributed by atoms with Gasteiger partial charge in [0.15, 0.2) is 0 Å². The number of benzene rings is 1. The van der Waals surface area contributed by atoms with E-state index in [9.17, 15) is 0 Å². The Morgan fingerprint density at radius 1 is 1.09 bits per heavy atom. The van der Waals surface area contributed by atoms with Crippen LogP contribution in [0.2, 0.25) is 0 Å². The molecule has 1 fully saturated rings. The van der Waals surface area contributed by atoms with Crippen molar-refractivity contribution in [1.29, 1.82) is 0 Å². The predicted octanol–water partition coefficient (Wildman–Crippen LogP) is 3.23. The Morgan fingerprint density at radius 2 is 2.00 bits per heavy atom. The second-order valence-corrected chi connectivity index (χ2v) is 6.64. The van der Waals surface area contributed by atoms with Crippen LogP contribution < -0.4 is 5.32 Å². The molecule has 1 heterocycles. The van der Waals surface area contributed by atoms with Gasteiger partial charge in [-0.25, -0.2) is 0 Å². The summed E-state index contributed by atoms with van der Waals surface area (Å²) in [6.07, 6.45) is 11.5. The monoisotopic (exact) mass is 293 g/mol. The molecule has 22 heavy (non-hydrogen) atoms. The molecule has 0 saturated heterocycles. The van der Waals surface area contributed by atoms with Gasteiger partial charge in [0.2, 0.25) is 0 Å². The fraction of sp³-hybridized carbons (Fsp3) is 0.421. The second kappa shape index (κ2) is 6.09. The molecule has 1 N–H and O–H groups in total. The van der Waals surface area contributed by atoms with Crippen LogP contribution in [-0.4, -0.2) is 16.3 Å². The molecule has 3 nitrogen and oxygen atoms in total. The van der Waals surface area contributed by atoms with Crippen LogP contribution >= 0.6 is 0 Å². The van der Waals surface area contributed by atoms with E-state index < -0.39 is 0 Å². The number of allylic oxidation sites excluding steroid dienone is 2. The molecule has 0 spiro atoms. The van der Waals surface area contributed by atoms with Crippen molar-refractivity contribution in [2.75, 3.05) is 6.54 Å². The highest BCUT2D eigenvalue weighted by molar-refractivity contribution is 5.27. The van der Waals surface area contributed by atoms with Gasteiger partial charge in [-0.05, 0) is 54.3 Å². The fourth-order valence-electron chi connectivity index (χ4n) is 3.97. The standard InChI is InChI=1S/C19H23N3/c1-2-5-18(14-22-9-3-8-21-22)17(4-1)12-20-13-19-11-15-6-7-16(19)10-15/h1-9,15-16,19-20H,10-14H2. The third-order valence-electron chi connectivity index (χ3n) is 5.15. The first-order chi connectivity index (χ1) is 10.9. The first kappa shape index (κ1) is 13.8. The third-order valence-corrected chi connectivity index (χ3v) is 5.15. The summed E-state index contributed by atoms with van der Waals surface area (Å²) in [4.78, 5) is 0. The van der Waals surface area contributed by atoms with Crippen LogP contribution in [0.5, 0.6) is 0 Å². The summed E-state index contributed by atoms with van der Waals surface area (Å²) in [5.41, 5.74) is 2.74. The van der Waals surface area contributed by atoms with Crippen LogP contribution in [0.25, 0.3) is 0 Å². The zero-order valence-electron chi connectivity index (χ0n) is 12.9. The molecule has 3 heteroatoms. The van der Waals surface area contributed by atoms with Crippen molar-refractivity contribution in [3.63, 3.8) is 0 Å². The molecule has 114 valence electrons. The van der Waals surface area contributed by atoms with E-state index in [0.29, 0.717) is 0 Å². The number of nitrogens with zero attached hydrogens (tertiary/aromatic N) is 2. The molecule has 0 amide bonds. The van der Waals surface area contributed by atoms with Gasteiger partial charge >= 0.3 is 0 Å². The lowest BCUT2D eigenvalue weighted by molar-refractivity contribution is 0.413. The Bertz CT molecular complexity index is 644. The molecule has 2 aromatic rings. The number of hydrogen-bond acceptors (Lipinski definition) is 2. The zero-order valence-corrected chi connectivity index (χ0v) is 12.9. The molecule has 1 saturated carbocycles. The van der Waals surface area contributed by atoms with Crippen molar-refractivity contribution < 1.29 is 0 Å². The van der Waals surface area contributed by atoms with Gasteiger partial charge in [0, 0.05) is 18.9 Å². The van der Waals surface area contributed by atoms with Crippen LogP contribution in [0.1, 0.15) is 24.0 Å². The molecule has 3 unspecified atom stereocenters. The van der Waals surface area contributed by atoms with E-state index in [4.69, 9.17) is 0 Å². The van der Waals surface area contributed by atoms with Gasteiger partial charge in [-0.1, -0.05) is 36.4 Å². The lowest BCUT2D eigenvalue weighted by Gasteiger charge is -2.19. The SMILES string of the molecule is C1=CC2CC1CC2CNCc1ccccc1Cn1cccn1. The van der Waals surface area contributed by atoms with Crippen LogP contribution in [-0.2, 0) is 13.1 Å². The Hall–Kier alpha value is -1.87. The van der Waals surface area contributed by atoms with Crippen LogP contribution in [0, 0.1) is 17.8 Å². The molecule has 1 aromatic carbocycles. The minimum absolute atomic E-state index is 0.830. The minimum atomic E-state index is 0.830. The van der Waals surface area contributed by atoms with Gasteiger partial charge in [0.25, 0.3) is 0 Å². The summed E-state index contributed by atoms with van der Waals surface area (Å²) in [6.45, 7) is 2.94. The molecule has 2 aliphatic rings. The Labute approximate surface area is 132 Å². The number of nitrogens with one attached hydrogen (secondary N) is 1. The summed E-state index contributed by atoms with van der Waals surface area (Å²) in [7, 11) is 0. The molecule has 3 atom stereocenters. The van der Waals surface area contributed by atoms with Crippen molar-refractivity contribution in [3.8, 4) is 0 Å². The Kier molecular flexibility index (Phi) is 3.81. The highest BCUT2D eigenvalue weighted by atomic mass is 15.3. The Balaban J connectivity index is 1.35. The largest absolute Gasteiger partial charge is 0.312 e. The maximum atomic E-state index is 4.31. The lowest BCUT2D eigenvalue weighted by atomic mass is 9.93. The van der Waals surface area contributed by atoms with E-state index in [2.05, 4.69) is 46.8 Å². The fourth-order valence-corrected chi connectivity index (χ4v) is 3.97. The van der Waals surface area contributed by atoms with E-state index in [1.54, 1.807) is 0 Å². The number of hydrogen-bond donors (Lipinski definition) is 1. The molecule has 1 aromatic heterocycles. The summed E-state index contributed by atoms with van der Waals surface area (Å²) in [5.74, 6) is 2.54. The minimum Gasteiger partial charge on any atom is -0.312 e. The molecule has 0 radical (unpaired) electrons. The van der Waals surface area contributed by atoms with E-state index in [1.165, 1.54) is 24.0 Å². The second-order valence-electron chi connectivity index (χ2n) is 6.64. The summed E-state index contributed by atoms with van der Waals surface area (Å²) in [6, 6.07) is 10.7. The lowest BCUT2D eigenvalue weighted by Crippen LogP contribution is -2.25. The average Bonchev–Trinajstić information content (AvgIpc) is 3.26. The smallest absolute Gasteiger partial charge is 0.0662 e. The summed E-state index contributed by atoms with van der Waals surface area (Å²) >= 11 is 0. The topological polar surface area (TPSA) is 29.9 Å². The zero-order chi connectivity index (χ0) is 14.8. The quantitative estimate of drug-likeness (QED) is 0.829. The van der Waals surface area contributed by atoms with Crippen molar-refractivity contribution >= 4 is 0 Å². The van der Waals surface area contributed by atoms with Gasteiger partial charge in [0.1, 0.15) is 0 Å². The number of fused-ring (bicyclic) bond motifs is 2. The first-order valence-corrected chi connectivity index (χ1v) is 8.32. The highest BCUT2D eigenvalue weighted by Gasteiger charge is 2.34. The third kappa shape index (κ3) is 2.86. The van der Waals surface area contributed by atoms with Gasteiger partial charge in [0.05, 0.1) is 6.54 Å². The summed E-state index contributed by atoms with van der Waals surface area (Å²) < 4.78 is 1.99. The molecule has 2 bridgehead atoms. The molecule has 2 aliphatic carbocycles. The van der Waals surface area contributed by atoms with E-state index in [-0.39, 0.29) is 0 Å². The van der Waals surface area contributed by atoms with Crippen molar-refractivity contribution in [2.45, 2.75) is 25.9 Å². The highest BCUT2D eigenvalue weighted by Crippen LogP contribution is 2.42. The molecular formula is C19H23N3. The molecule has 4 rings (SSSR count). The van der Waals surface area contributed by atoms with Gasteiger partial charge in [-0.2, -0.15) is 5.10 Å². The number of rotatable bonds is 6. The van der Waals surface area contributed by atoms with Crippen LogP contribution in [0.4, 0.5) is 0 Å². The van der Waals surface area contributed by atoms with E-state index >= 15 is 0 Å². The first-order valence-electron chi connectivity index (χ1n) is 8.32.